The zero-order valence-electron chi connectivity index (χ0n) is 13.3. The van der Waals surface area contributed by atoms with Gasteiger partial charge >= 0.3 is 0 Å². The van der Waals surface area contributed by atoms with Crippen LogP contribution in [0.4, 0.5) is 0 Å². The van der Waals surface area contributed by atoms with E-state index in [0.29, 0.717) is 19.5 Å². The Kier molecular flexibility index (Phi) is 4.60. The number of carbonyl (C=O) groups excluding carboxylic acids is 2. The lowest BCUT2D eigenvalue weighted by atomic mass is 10.3. The zero-order chi connectivity index (χ0) is 16.2. The van der Waals surface area contributed by atoms with Crippen LogP contribution in [0.25, 0.3) is 11.0 Å². The molecule has 0 saturated heterocycles. The van der Waals surface area contributed by atoms with E-state index in [0.717, 1.165) is 29.7 Å². The minimum atomic E-state index is -0.0288. The first kappa shape index (κ1) is 15.5. The first-order valence-corrected chi connectivity index (χ1v) is 8.17. The number of aromatic nitrogens is 2. The summed E-state index contributed by atoms with van der Waals surface area (Å²) in [5.74, 6) is 1.15. The van der Waals surface area contributed by atoms with Crippen molar-refractivity contribution in [3.8, 4) is 0 Å². The first-order chi connectivity index (χ1) is 11.2. The van der Waals surface area contributed by atoms with E-state index in [1.54, 1.807) is 0 Å². The summed E-state index contributed by atoms with van der Waals surface area (Å²) >= 11 is 0. The molecule has 3 rings (SSSR count). The van der Waals surface area contributed by atoms with Crippen molar-refractivity contribution in [1.29, 1.82) is 0 Å². The molecule has 0 atom stereocenters. The van der Waals surface area contributed by atoms with Crippen LogP contribution >= 0.6 is 0 Å². The maximum Gasteiger partial charge on any atom is 0.239 e. The van der Waals surface area contributed by atoms with Crippen LogP contribution in [0.1, 0.15) is 25.6 Å². The fraction of sp³-hybridized carbons (Fsp3) is 0.471. The number of nitrogens with one attached hydrogen (secondary N) is 2. The van der Waals surface area contributed by atoms with Crippen LogP contribution in [0.15, 0.2) is 24.3 Å². The highest BCUT2D eigenvalue weighted by molar-refractivity contribution is 5.81. The summed E-state index contributed by atoms with van der Waals surface area (Å²) in [6.07, 6.45) is 2.62. The lowest BCUT2D eigenvalue weighted by Gasteiger charge is -2.09. The summed E-state index contributed by atoms with van der Waals surface area (Å²) in [6.45, 7) is 3.31. The molecular weight excluding hydrogens is 292 g/mol. The summed E-state index contributed by atoms with van der Waals surface area (Å²) in [7, 11) is 0. The van der Waals surface area contributed by atoms with Crippen molar-refractivity contribution < 1.29 is 9.59 Å². The minimum Gasteiger partial charge on any atom is -0.355 e. The summed E-state index contributed by atoms with van der Waals surface area (Å²) in [5.41, 5.74) is 1.82. The van der Waals surface area contributed by atoms with Gasteiger partial charge in [-0.1, -0.05) is 12.1 Å². The van der Waals surface area contributed by atoms with Crippen LogP contribution < -0.4 is 10.6 Å². The van der Waals surface area contributed by atoms with E-state index in [4.69, 9.17) is 0 Å². The van der Waals surface area contributed by atoms with E-state index in [-0.39, 0.29) is 24.3 Å². The summed E-state index contributed by atoms with van der Waals surface area (Å²) in [4.78, 5) is 28.3. The molecule has 0 unspecified atom stereocenters. The molecule has 6 nitrogen and oxygen atoms in total. The van der Waals surface area contributed by atoms with Crippen molar-refractivity contribution in [3.05, 3.63) is 30.1 Å². The van der Waals surface area contributed by atoms with Crippen molar-refractivity contribution in [2.45, 2.75) is 32.7 Å². The molecule has 0 bridgehead atoms. The molecule has 1 fully saturated rings. The molecule has 0 aliphatic heterocycles. The zero-order valence-corrected chi connectivity index (χ0v) is 13.3. The molecule has 23 heavy (non-hydrogen) atoms. The Labute approximate surface area is 135 Å². The number of nitrogens with zero attached hydrogens (tertiary/aromatic N) is 2. The number of amides is 2. The molecule has 1 aromatic carbocycles. The highest BCUT2D eigenvalue weighted by atomic mass is 16.2. The Balaban J connectivity index is 1.74. The standard InChI is InChI=1S/C17H22N4O2/c1-2-18-16(22)11-21-14-6-4-3-5-13(14)20-15(21)9-10-19-17(23)12-7-8-12/h3-6,12H,2,7-11H2,1H3,(H,18,22)(H,19,23). The number of hydrogen-bond donors (Lipinski definition) is 2. The predicted molar refractivity (Wildman–Crippen MR) is 87.9 cm³/mol. The molecule has 2 amide bonds. The van der Waals surface area contributed by atoms with Gasteiger partial charge in [0.1, 0.15) is 12.4 Å². The smallest absolute Gasteiger partial charge is 0.239 e. The summed E-state index contributed by atoms with van der Waals surface area (Å²) in [6, 6.07) is 7.78. The number of carbonyl (C=O) groups is 2. The highest BCUT2D eigenvalue weighted by Crippen LogP contribution is 2.28. The second kappa shape index (κ2) is 6.81. The maximum atomic E-state index is 12.0. The molecular formula is C17H22N4O2. The van der Waals surface area contributed by atoms with E-state index in [2.05, 4.69) is 15.6 Å². The Morgan fingerprint density at radius 3 is 2.78 bits per heavy atom. The Morgan fingerprint density at radius 2 is 2.04 bits per heavy atom. The largest absolute Gasteiger partial charge is 0.355 e. The molecule has 0 radical (unpaired) electrons. The molecule has 2 aromatic rings. The van der Waals surface area contributed by atoms with Crippen LogP contribution in [0.5, 0.6) is 0 Å². The average Bonchev–Trinajstić information content (AvgIpc) is 3.33. The lowest BCUT2D eigenvalue weighted by Crippen LogP contribution is -2.30. The molecule has 122 valence electrons. The summed E-state index contributed by atoms with van der Waals surface area (Å²) in [5, 5.41) is 5.77. The number of para-hydroxylation sites is 2. The molecule has 1 aliphatic carbocycles. The normalized spacial score (nSPS) is 14.0. The van der Waals surface area contributed by atoms with E-state index in [1.165, 1.54) is 0 Å². The fourth-order valence-electron chi connectivity index (χ4n) is 2.68. The summed E-state index contributed by atoms with van der Waals surface area (Å²) < 4.78 is 1.93. The maximum absolute atomic E-state index is 12.0. The van der Waals surface area contributed by atoms with Gasteiger partial charge in [-0.25, -0.2) is 4.98 Å². The van der Waals surface area contributed by atoms with Crippen LogP contribution in [-0.4, -0.2) is 34.5 Å². The third kappa shape index (κ3) is 3.70. The Bertz CT molecular complexity index is 718. The number of benzene rings is 1. The van der Waals surface area contributed by atoms with Crippen molar-refractivity contribution in [2.75, 3.05) is 13.1 Å². The van der Waals surface area contributed by atoms with Gasteiger partial charge in [0.25, 0.3) is 0 Å². The quantitative estimate of drug-likeness (QED) is 0.807. The number of likely N-dealkylation sites (N-methyl/N-ethyl adjacent to an activating group) is 1. The number of hydrogen-bond acceptors (Lipinski definition) is 3. The van der Waals surface area contributed by atoms with Crippen molar-refractivity contribution in [1.82, 2.24) is 20.2 Å². The monoisotopic (exact) mass is 314 g/mol. The number of imidazole rings is 1. The first-order valence-electron chi connectivity index (χ1n) is 8.17. The third-order valence-electron chi connectivity index (χ3n) is 4.01. The second-order valence-electron chi connectivity index (χ2n) is 5.87. The van der Waals surface area contributed by atoms with Gasteiger partial charge in [-0.3, -0.25) is 9.59 Å². The Morgan fingerprint density at radius 1 is 1.26 bits per heavy atom. The molecule has 1 aromatic heterocycles. The van der Waals surface area contributed by atoms with Crippen LogP contribution in [0, 0.1) is 5.92 Å². The van der Waals surface area contributed by atoms with E-state index in [9.17, 15) is 9.59 Å². The highest BCUT2D eigenvalue weighted by Gasteiger charge is 2.29. The fourth-order valence-corrected chi connectivity index (χ4v) is 2.68. The van der Waals surface area contributed by atoms with Gasteiger partial charge in [-0.2, -0.15) is 0 Å². The Hall–Kier alpha value is -2.37. The van der Waals surface area contributed by atoms with Crippen molar-refractivity contribution >= 4 is 22.8 Å². The van der Waals surface area contributed by atoms with Gasteiger partial charge in [-0.15, -0.1) is 0 Å². The van der Waals surface area contributed by atoms with Gasteiger partial charge in [-0.05, 0) is 31.9 Å². The number of fused-ring (bicyclic) bond motifs is 1. The minimum absolute atomic E-state index is 0.0288. The predicted octanol–water partition coefficient (Wildman–Crippen LogP) is 1.24. The van der Waals surface area contributed by atoms with Gasteiger partial charge in [0.2, 0.25) is 11.8 Å². The number of rotatable bonds is 7. The van der Waals surface area contributed by atoms with Crippen LogP contribution in [0.3, 0.4) is 0 Å². The van der Waals surface area contributed by atoms with Crippen molar-refractivity contribution in [2.24, 2.45) is 5.92 Å². The molecule has 2 N–H and O–H groups in total. The second-order valence-corrected chi connectivity index (χ2v) is 5.87. The molecule has 1 aliphatic rings. The van der Waals surface area contributed by atoms with E-state index in [1.807, 2.05) is 35.8 Å². The van der Waals surface area contributed by atoms with Crippen LogP contribution in [-0.2, 0) is 22.6 Å². The lowest BCUT2D eigenvalue weighted by molar-refractivity contribution is -0.122. The van der Waals surface area contributed by atoms with Gasteiger partial charge in [0.15, 0.2) is 0 Å². The molecule has 6 heteroatoms. The average molecular weight is 314 g/mol. The van der Waals surface area contributed by atoms with Crippen molar-refractivity contribution in [3.63, 3.8) is 0 Å². The van der Waals surface area contributed by atoms with Gasteiger partial charge in [0, 0.05) is 25.4 Å². The van der Waals surface area contributed by atoms with E-state index < -0.39 is 0 Å². The topological polar surface area (TPSA) is 76.0 Å². The van der Waals surface area contributed by atoms with Gasteiger partial charge < -0.3 is 15.2 Å². The SMILES string of the molecule is CCNC(=O)Cn1c(CCNC(=O)C2CC2)nc2ccccc21. The van der Waals surface area contributed by atoms with Crippen LogP contribution in [0.2, 0.25) is 0 Å². The molecule has 1 heterocycles. The molecule has 1 saturated carbocycles. The van der Waals surface area contributed by atoms with Gasteiger partial charge in [0.05, 0.1) is 11.0 Å². The third-order valence-corrected chi connectivity index (χ3v) is 4.01. The van der Waals surface area contributed by atoms with E-state index >= 15 is 0 Å². The molecule has 0 spiro atoms.